The third kappa shape index (κ3) is 3.60. The van der Waals surface area contributed by atoms with Gasteiger partial charge in [0.2, 0.25) is 0 Å². The van der Waals surface area contributed by atoms with Gasteiger partial charge in [0.15, 0.2) is 23.1 Å². The SMILES string of the molecule is COc1cccc(CN2CCCn3cccc3C2c2cccc(F)c2F)c1OC. The maximum absolute atomic E-state index is 14.8. The van der Waals surface area contributed by atoms with Crippen molar-refractivity contribution in [3.8, 4) is 11.5 Å². The van der Waals surface area contributed by atoms with E-state index in [0.717, 1.165) is 36.8 Å². The summed E-state index contributed by atoms with van der Waals surface area (Å²) in [5, 5.41) is 0. The third-order valence-electron chi connectivity index (χ3n) is 5.49. The van der Waals surface area contributed by atoms with E-state index in [2.05, 4.69) is 9.47 Å². The quantitative estimate of drug-likeness (QED) is 0.619. The lowest BCUT2D eigenvalue weighted by atomic mass is 10.00. The molecule has 1 aliphatic heterocycles. The van der Waals surface area contributed by atoms with Gasteiger partial charge in [0.25, 0.3) is 0 Å². The number of halogens is 2. The summed E-state index contributed by atoms with van der Waals surface area (Å²) in [6.07, 6.45) is 2.90. The summed E-state index contributed by atoms with van der Waals surface area (Å²) in [4.78, 5) is 2.17. The molecule has 0 saturated heterocycles. The van der Waals surface area contributed by atoms with Gasteiger partial charge in [-0.3, -0.25) is 4.90 Å². The number of fused-ring (bicyclic) bond motifs is 1. The van der Waals surface area contributed by atoms with Gasteiger partial charge in [0, 0.05) is 42.7 Å². The molecule has 3 aromatic rings. The van der Waals surface area contributed by atoms with Crippen LogP contribution in [0.1, 0.15) is 29.3 Å². The van der Waals surface area contributed by atoms with Gasteiger partial charge < -0.3 is 14.0 Å². The lowest BCUT2D eigenvalue weighted by Gasteiger charge is -2.31. The number of hydrogen-bond acceptors (Lipinski definition) is 3. The van der Waals surface area contributed by atoms with Crippen molar-refractivity contribution >= 4 is 0 Å². The fourth-order valence-electron chi connectivity index (χ4n) is 4.19. The minimum absolute atomic E-state index is 0.341. The van der Waals surface area contributed by atoms with Gasteiger partial charge in [0.05, 0.1) is 20.3 Å². The van der Waals surface area contributed by atoms with Crippen molar-refractivity contribution in [1.29, 1.82) is 0 Å². The van der Waals surface area contributed by atoms with Crippen LogP contribution in [0.2, 0.25) is 0 Å². The fourth-order valence-corrected chi connectivity index (χ4v) is 4.19. The van der Waals surface area contributed by atoms with Gasteiger partial charge in [0.1, 0.15) is 0 Å². The first-order valence-corrected chi connectivity index (χ1v) is 9.67. The van der Waals surface area contributed by atoms with Crippen LogP contribution in [0.5, 0.6) is 11.5 Å². The number of rotatable bonds is 5. The first kappa shape index (κ1) is 19.5. The number of methoxy groups -OCH3 is 2. The zero-order valence-corrected chi connectivity index (χ0v) is 16.6. The number of aryl methyl sites for hydroxylation is 1. The Bertz CT molecular complexity index is 1000. The summed E-state index contributed by atoms with van der Waals surface area (Å²) < 4.78 is 42.0. The molecule has 0 bridgehead atoms. The fraction of sp³-hybridized carbons (Fsp3) is 0.304. The molecule has 29 heavy (non-hydrogen) atoms. The number of nitrogens with zero attached hydrogens (tertiary/aromatic N) is 2. The summed E-state index contributed by atoms with van der Waals surface area (Å²) in [6.45, 7) is 2.09. The van der Waals surface area contributed by atoms with E-state index in [9.17, 15) is 8.78 Å². The molecule has 6 heteroatoms. The summed E-state index contributed by atoms with van der Waals surface area (Å²) >= 11 is 0. The summed E-state index contributed by atoms with van der Waals surface area (Å²) in [5.74, 6) is -0.316. The molecular weight excluding hydrogens is 374 g/mol. The molecule has 1 atom stereocenters. The largest absolute Gasteiger partial charge is 0.493 e. The first-order chi connectivity index (χ1) is 14.1. The van der Waals surface area contributed by atoms with Gasteiger partial charge in [-0.1, -0.05) is 24.3 Å². The van der Waals surface area contributed by atoms with Crippen LogP contribution in [0.4, 0.5) is 8.78 Å². The van der Waals surface area contributed by atoms with Crippen molar-refractivity contribution in [2.75, 3.05) is 20.8 Å². The number of para-hydroxylation sites is 1. The Morgan fingerprint density at radius 3 is 2.59 bits per heavy atom. The first-order valence-electron chi connectivity index (χ1n) is 9.67. The molecule has 1 unspecified atom stereocenters. The molecule has 0 N–H and O–H groups in total. The molecule has 152 valence electrons. The van der Waals surface area contributed by atoms with E-state index in [1.165, 1.54) is 0 Å². The second kappa shape index (κ2) is 8.25. The zero-order chi connectivity index (χ0) is 20.4. The van der Waals surface area contributed by atoms with Crippen molar-refractivity contribution in [3.05, 3.63) is 83.2 Å². The average Bonchev–Trinajstić information content (AvgIpc) is 3.12. The number of ether oxygens (including phenoxy) is 2. The molecule has 2 heterocycles. The summed E-state index contributed by atoms with van der Waals surface area (Å²) in [5.41, 5.74) is 2.23. The Hall–Kier alpha value is -2.86. The molecule has 2 aromatic carbocycles. The Morgan fingerprint density at radius 2 is 1.79 bits per heavy atom. The summed E-state index contributed by atoms with van der Waals surface area (Å²) in [6, 6.07) is 13.7. The van der Waals surface area contributed by atoms with Crippen molar-refractivity contribution in [2.45, 2.75) is 25.6 Å². The minimum atomic E-state index is -0.830. The number of hydrogen-bond donors (Lipinski definition) is 0. The van der Waals surface area contributed by atoms with Crippen LogP contribution in [0, 0.1) is 11.6 Å². The predicted octanol–water partition coefficient (Wildman–Crippen LogP) is 4.78. The number of benzene rings is 2. The normalized spacial score (nSPS) is 16.9. The molecule has 1 aromatic heterocycles. The highest BCUT2D eigenvalue weighted by atomic mass is 19.2. The standard InChI is InChI=1S/C23H24F2N2O2/c1-28-20-11-3-7-16(23(20)29-2)15-27-14-6-13-26-12-5-10-19(26)22(27)17-8-4-9-18(24)21(17)25/h3-5,7-12,22H,6,13-15H2,1-2H3. The van der Waals surface area contributed by atoms with Crippen LogP contribution in [0.3, 0.4) is 0 Å². The van der Waals surface area contributed by atoms with Gasteiger partial charge in [-0.05, 0) is 30.7 Å². The van der Waals surface area contributed by atoms with Crippen LogP contribution >= 0.6 is 0 Å². The van der Waals surface area contributed by atoms with E-state index < -0.39 is 17.7 Å². The van der Waals surface area contributed by atoms with E-state index in [4.69, 9.17) is 9.47 Å². The maximum Gasteiger partial charge on any atom is 0.165 e. The molecule has 0 radical (unpaired) electrons. The highest BCUT2D eigenvalue weighted by Gasteiger charge is 2.31. The van der Waals surface area contributed by atoms with Gasteiger partial charge >= 0.3 is 0 Å². The van der Waals surface area contributed by atoms with E-state index in [1.54, 1.807) is 26.4 Å². The Morgan fingerprint density at radius 1 is 0.966 bits per heavy atom. The molecule has 0 saturated carbocycles. The number of aromatic nitrogens is 1. The van der Waals surface area contributed by atoms with Crippen LogP contribution in [0.25, 0.3) is 0 Å². The van der Waals surface area contributed by atoms with Crippen molar-refractivity contribution in [1.82, 2.24) is 9.47 Å². The van der Waals surface area contributed by atoms with Crippen LogP contribution in [-0.2, 0) is 13.1 Å². The van der Waals surface area contributed by atoms with E-state index in [0.29, 0.717) is 23.6 Å². The van der Waals surface area contributed by atoms with E-state index >= 15 is 0 Å². The van der Waals surface area contributed by atoms with Gasteiger partial charge in [-0.25, -0.2) is 8.78 Å². The molecule has 0 fully saturated rings. The molecule has 0 spiro atoms. The van der Waals surface area contributed by atoms with E-state index in [-0.39, 0.29) is 0 Å². The second-order valence-electron chi connectivity index (χ2n) is 7.15. The third-order valence-corrected chi connectivity index (χ3v) is 5.49. The maximum atomic E-state index is 14.8. The Kier molecular flexibility index (Phi) is 5.53. The molecule has 0 amide bonds. The van der Waals surface area contributed by atoms with Crippen LogP contribution < -0.4 is 9.47 Å². The Labute approximate surface area is 169 Å². The molecule has 0 aliphatic carbocycles. The van der Waals surface area contributed by atoms with Crippen molar-refractivity contribution in [2.24, 2.45) is 0 Å². The monoisotopic (exact) mass is 398 g/mol. The highest BCUT2D eigenvalue weighted by Crippen LogP contribution is 2.38. The van der Waals surface area contributed by atoms with Crippen molar-refractivity contribution < 1.29 is 18.3 Å². The Balaban J connectivity index is 1.80. The smallest absolute Gasteiger partial charge is 0.165 e. The molecule has 4 nitrogen and oxygen atoms in total. The topological polar surface area (TPSA) is 26.6 Å². The summed E-state index contributed by atoms with van der Waals surface area (Å²) in [7, 11) is 3.21. The molecular formula is C23H24F2N2O2. The average molecular weight is 398 g/mol. The zero-order valence-electron chi connectivity index (χ0n) is 16.6. The van der Waals surface area contributed by atoms with Gasteiger partial charge in [-0.2, -0.15) is 0 Å². The van der Waals surface area contributed by atoms with Crippen LogP contribution in [0.15, 0.2) is 54.7 Å². The van der Waals surface area contributed by atoms with Crippen LogP contribution in [-0.4, -0.2) is 30.2 Å². The molecule has 1 aliphatic rings. The van der Waals surface area contributed by atoms with E-state index in [1.807, 2.05) is 36.5 Å². The minimum Gasteiger partial charge on any atom is -0.493 e. The molecule has 4 rings (SSSR count). The van der Waals surface area contributed by atoms with Gasteiger partial charge in [-0.15, -0.1) is 0 Å². The lowest BCUT2D eigenvalue weighted by Crippen LogP contribution is -2.30. The lowest BCUT2D eigenvalue weighted by molar-refractivity contribution is 0.211. The predicted molar refractivity (Wildman–Crippen MR) is 107 cm³/mol. The second-order valence-corrected chi connectivity index (χ2v) is 7.15. The highest BCUT2D eigenvalue weighted by molar-refractivity contribution is 5.46. The van der Waals surface area contributed by atoms with Crippen molar-refractivity contribution in [3.63, 3.8) is 0 Å².